The van der Waals surface area contributed by atoms with Crippen LogP contribution in [0.25, 0.3) is 0 Å². The Balaban J connectivity index is 4.30. The van der Waals surface area contributed by atoms with E-state index in [1.165, 1.54) is 0 Å². The summed E-state index contributed by atoms with van der Waals surface area (Å²) in [6.07, 6.45) is 5.06. The fourth-order valence-electron chi connectivity index (χ4n) is 1.62. The number of carbonyl (C=O) groups is 2. The van der Waals surface area contributed by atoms with Crippen molar-refractivity contribution in [3.05, 3.63) is 0 Å². The van der Waals surface area contributed by atoms with Gasteiger partial charge in [-0.05, 0) is 27.7 Å². The molecule has 0 saturated carbocycles. The van der Waals surface area contributed by atoms with Crippen molar-refractivity contribution in [3.8, 4) is 12.3 Å². The minimum Gasteiger partial charge on any atom is -0.344 e. The van der Waals surface area contributed by atoms with Crippen LogP contribution in [0.15, 0.2) is 0 Å². The Kier molecular flexibility index (Phi) is 7.81. The van der Waals surface area contributed by atoms with E-state index in [2.05, 4.69) is 16.6 Å². The largest absolute Gasteiger partial charge is 0.344 e. The first-order valence-electron chi connectivity index (χ1n) is 6.23. The van der Waals surface area contributed by atoms with Crippen LogP contribution < -0.4 is 10.6 Å². The lowest BCUT2D eigenvalue weighted by atomic mass is 10.2. The molecular formula is C13H23N3O2. The van der Waals surface area contributed by atoms with Gasteiger partial charge in [-0.25, -0.2) is 0 Å². The summed E-state index contributed by atoms with van der Waals surface area (Å²) in [5.41, 5.74) is 0. The highest BCUT2D eigenvalue weighted by atomic mass is 16.2. The zero-order valence-electron chi connectivity index (χ0n) is 11.6. The molecule has 2 unspecified atom stereocenters. The molecular weight excluding hydrogens is 230 g/mol. The van der Waals surface area contributed by atoms with Gasteiger partial charge < -0.3 is 10.2 Å². The van der Waals surface area contributed by atoms with E-state index in [4.69, 9.17) is 6.42 Å². The molecule has 2 N–H and O–H groups in total. The molecule has 18 heavy (non-hydrogen) atoms. The van der Waals surface area contributed by atoms with Crippen LogP contribution in [-0.4, -0.2) is 48.4 Å². The molecule has 0 aliphatic rings. The summed E-state index contributed by atoms with van der Waals surface area (Å²) < 4.78 is 0. The third-order valence-corrected chi connectivity index (χ3v) is 2.70. The van der Waals surface area contributed by atoms with E-state index >= 15 is 0 Å². The summed E-state index contributed by atoms with van der Waals surface area (Å²) in [4.78, 5) is 25.3. The summed E-state index contributed by atoms with van der Waals surface area (Å²) in [6, 6.07) is -0.843. The van der Waals surface area contributed by atoms with E-state index in [0.717, 1.165) is 0 Å². The average molecular weight is 253 g/mol. The van der Waals surface area contributed by atoms with Gasteiger partial charge in [0, 0.05) is 13.1 Å². The summed E-state index contributed by atoms with van der Waals surface area (Å²) in [5.74, 6) is 2.13. The molecule has 0 aliphatic carbocycles. The zero-order chi connectivity index (χ0) is 14.1. The second-order valence-corrected chi connectivity index (χ2v) is 4.04. The Morgan fingerprint density at radius 2 is 1.78 bits per heavy atom. The molecule has 5 nitrogen and oxygen atoms in total. The topological polar surface area (TPSA) is 61.4 Å². The Bertz CT molecular complexity index is 319. The molecule has 2 atom stereocenters. The Morgan fingerprint density at radius 1 is 1.22 bits per heavy atom. The minimum atomic E-state index is -0.451. The van der Waals surface area contributed by atoms with Crippen molar-refractivity contribution >= 4 is 11.8 Å². The summed E-state index contributed by atoms with van der Waals surface area (Å²) >= 11 is 0. The lowest BCUT2D eigenvalue weighted by Crippen LogP contribution is -2.52. The molecule has 0 aromatic rings. The van der Waals surface area contributed by atoms with E-state index in [1.807, 2.05) is 13.8 Å². The molecule has 0 saturated heterocycles. The number of nitrogens with zero attached hydrogens (tertiary/aromatic N) is 1. The Labute approximate surface area is 109 Å². The van der Waals surface area contributed by atoms with Gasteiger partial charge in [-0.3, -0.25) is 14.9 Å². The average Bonchev–Trinajstić information content (AvgIpc) is 2.36. The van der Waals surface area contributed by atoms with Crippen molar-refractivity contribution in [1.29, 1.82) is 0 Å². The number of amides is 2. The van der Waals surface area contributed by atoms with Crippen LogP contribution in [0.3, 0.4) is 0 Å². The minimum absolute atomic E-state index is 0.00315. The number of terminal acetylenes is 1. The SMILES string of the molecule is C#CCNC(=O)C(C)NC(C)C(=O)N(CC)CC. The monoisotopic (exact) mass is 253 g/mol. The molecule has 0 aromatic heterocycles. The van der Waals surface area contributed by atoms with Crippen LogP contribution in [0.4, 0.5) is 0 Å². The van der Waals surface area contributed by atoms with Crippen LogP contribution in [0, 0.1) is 12.3 Å². The maximum Gasteiger partial charge on any atom is 0.239 e. The second-order valence-electron chi connectivity index (χ2n) is 4.04. The van der Waals surface area contributed by atoms with Crippen molar-refractivity contribution in [1.82, 2.24) is 15.5 Å². The lowest BCUT2D eigenvalue weighted by molar-refractivity contribution is -0.133. The molecule has 0 heterocycles. The number of hydrogen-bond donors (Lipinski definition) is 2. The first-order chi connectivity index (χ1) is 8.47. The normalized spacial score (nSPS) is 13.3. The predicted molar refractivity (Wildman–Crippen MR) is 71.8 cm³/mol. The van der Waals surface area contributed by atoms with Gasteiger partial charge >= 0.3 is 0 Å². The number of rotatable bonds is 7. The summed E-state index contributed by atoms with van der Waals surface area (Å²) in [6.45, 7) is 8.85. The number of nitrogens with one attached hydrogen (secondary N) is 2. The highest BCUT2D eigenvalue weighted by molar-refractivity contribution is 5.85. The van der Waals surface area contributed by atoms with Crippen LogP contribution in [-0.2, 0) is 9.59 Å². The molecule has 0 aliphatic heterocycles. The zero-order valence-corrected chi connectivity index (χ0v) is 11.6. The van der Waals surface area contributed by atoms with Gasteiger partial charge in [-0.15, -0.1) is 6.42 Å². The third-order valence-electron chi connectivity index (χ3n) is 2.70. The van der Waals surface area contributed by atoms with Crippen molar-refractivity contribution in [2.24, 2.45) is 0 Å². The number of likely N-dealkylation sites (N-methyl/N-ethyl adjacent to an activating group) is 1. The number of hydrogen-bond acceptors (Lipinski definition) is 3. The third kappa shape index (κ3) is 5.19. The van der Waals surface area contributed by atoms with Crippen LogP contribution in [0.2, 0.25) is 0 Å². The molecule has 0 bridgehead atoms. The van der Waals surface area contributed by atoms with Crippen molar-refractivity contribution < 1.29 is 9.59 Å². The summed E-state index contributed by atoms with van der Waals surface area (Å²) in [5, 5.41) is 5.54. The smallest absolute Gasteiger partial charge is 0.239 e. The predicted octanol–water partition coefficient (Wildman–Crippen LogP) is -0.0292. The standard InChI is InChI=1S/C13H23N3O2/c1-6-9-14-12(17)10(4)15-11(5)13(18)16(7-2)8-3/h1,10-11,15H,7-9H2,2-5H3,(H,14,17). The second kappa shape index (κ2) is 8.54. The molecule has 0 fully saturated rings. The van der Waals surface area contributed by atoms with Crippen molar-refractivity contribution in [2.75, 3.05) is 19.6 Å². The highest BCUT2D eigenvalue weighted by Gasteiger charge is 2.22. The van der Waals surface area contributed by atoms with E-state index < -0.39 is 12.1 Å². The summed E-state index contributed by atoms with van der Waals surface area (Å²) in [7, 11) is 0. The van der Waals surface area contributed by atoms with Gasteiger partial charge in [0.25, 0.3) is 0 Å². The van der Waals surface area contributed by atoms with Crippen LogP contribution in [0.5, 0.6) is 0 Å². The molecule has 0 spiro atoms. The molecule has 0 radical (unpaired) electrons. The first-order valence-corrected chi connectivity index (χ1v) is 6.23. The highest BCUT2D eigenvalue weighted by Crippen LogP contribution is 1.96. The number of carbonyl (C=O) groups excluding carboxylic acids is 2. The molecule has 5 heteroatoms. The van der Waals surface area contributed by atoms with Crippen LogP contribution >= 0.6 is 0 Å². The Morgan fingerprint density at radius 3 is 2.22 bits per heavy atom. The van der Waals surface area contributed by atoms with E-state index in [1.54, 1.807) is 18.7 Å². The van der Waals surface area contributed by atoms with Crippen molar-refractivity contribution in [3.63, 3.8) is 0 Å². The first kappa shape index (κ1) is 16.5. The van der Waals surface area contributed by atoms with Gasteiger partial charge in [0.2, 0.25) is 11.8 Å². The maximum absolute atomic E-state index is 12.0. The fraction of sp³-hybridized carbons (Fsp3) is 0.692. The molecule has 0 rings (SSSR count). The van der Waals surface area contributed by atoms with Crippen LogP contribution in [0.1, 0.15) is 27.7 Å². The van der Waals surface area contributed by atoms with Gasteiger partial charge in [0.15, 0.2) is 0 Å². The van der Waals surface area contributed by atoms with E-state index in [9.17, 15) is 9.59 Å². The van der Waals surface area contributed by atoms with E-state index in [-0.39, 0.29) is 18.4 Å². The fourth-order valence-corrected chi connectivity index (χ4v) is 1.62. The molecule has 2 amide bonds. The maximum atomic E-state index is 12.0. The van der Waals surface area contributed by atoms with Gasteiger partial charge in [-0.2, -0.15) is 0 Å². The quantitative estimate of drug-likeness (QED) is 0.626. The molecule has 102 valence electrons. The molecule has 0 aromatic carbocycles. The van der Waals surface area contributed by atoms with Gasteiger partial charge in [0.1, 0.15) is 0 Å². The Hall–Kier alpha value is -1.54. The van der Waals surface area contributed by atoms with E-state index in [0.29, 0.717) is 13.1 Å². The van der Waals surface area contributed by atoms with Gasteiger partial charge in [0.05, 0.1) is 18.6 Å². The van der Waals surface area contributed by atoms with Crippen molar-refractivity contribution in [2.45, 2.75) is 39.8 Å². The van der Waals surface area contributed by atoms with Gasteiger partial charge in [-0.1, -0.05) is 5.92 Å². The lowest BCUT2D eigenvalue weighted by Gasteiger charge is -2.25.